The van der Waals surface area contributed by atoms with Gasteiger partial charge in [-0.05, 0) is 36.9 Å². The van der Waals surface area contributed by atoms with Gasteiger partial charge in [0.1, 0.15) is 5.01 Å². The summed E-state index contributed by atoms with van der Waals surface area (Å²) in [7, 11) is 2.05. The molecule has 0 saturated carbocycles. The maximum Gasteiger partial charge on any atom is 0.118 e. The van der Waals surface area contributed by atoms with Crippen molar-refractivity contribution >= 4 is 11.3 Å². The number of nitrogens with one attached hydrogen (secondary N) is 1. The molecule has 1 aliphatic rings. The third-order valence-corrected chi connectivity index (χ3v) is 5.17. The molecule has 1 heterocycles. The summed E-state index contributed by atoms with van der Waals surface area (Å²) < 4.78 is 0. The van der Waals surface area contributed by atoms with Crippen LogP contribution >= 0.6 is 11.3 Å². The lowest BCUT2D eigenvalue weighted by molar-refractivity contribution is 0.433. The molecule has 1 N–H and O–H groups in total. The van der Waals surface area contributed by atoms with Crippen molar-refractivity contribution in [2.24, 2.45) is 0 Å². The average molecular weight is 272 g/mol. The van der Waals surface area contributed by atoms with Gasteiger partial charge in [-0.15, -0.1) is 11.3 Å². The van der Waals surface area contributed by atoms with Crippen molar-refractivity contribution in [3.63, 3.8) is 0 Å². The van der Waals surface area contributed by atoms with Gasteiger partial charge in [-0.25, -0.2) is 4.98 Å². The molecule has 0 saturated heterocycles. The Hall–Kier alpha value is -1.19. The summed E-state index contributed by atoms with van der Waals surface area (Å²) in [6.07, 6.45) is 2.24. The van der Waals surface area contributed by atoms with Gasteiger partial charge in [0.05, 0.1) is 11.2 Å². The van der Waals surface area contributed by atoms with Crippen molar-refractivity contribution in [2.75, 3.05) is 7.05 Å². The zero-order valence-electron chi connectivity index (χ0n) is 11.7. The standard InChI is InChI=1S/C16H20N2S/c1-11(2)14-10-19-15(18-14)16(17-3)9-8-12-6-4-5-7-13(12)16/h4-7,10-11,17H,8-9H2,1-3H3. The largest absolute Gasteiger partial charge is 0.305 e. The summed E-state index contributed by atoms with van der Waals surface area (Å²) in [5.74, 6) is 0.496. The molecule has 3 heteroatoms. The predicted molar refractivity (Wildman–Crippen MR) is 80.8 cm³/mol. The van der Waals surface area contributed by atoms with Crippen LogP contribution in [-0.2, 0) is 12.0 Å². The van der Waals surface area contributed by atoms with Crippen molar-refractivity contribution in [3.05, 3.63) is 51.5 Å². The van der Waals surface area contributed by atoms with Crippen molar-refractivity contribution in [1.29, 1.82) is 0 Å². The number of hydrogen-bond donors (Lipinski definition) is 1. The predicted octanol–water partition coefficient (Wildman–Crippen LogP) is 3.68. The monoisotopic (exact) mass is 272 g/mol. The molecule has 0 fully saturated rings. The molecule has 2 nitrogen and oxygen atoms in total. The van der Waals surface area contributed by atoms with Crippen LogP contribution in [0.1, 0.15) is 48.0 Å². The fourth-order valence-electron chi connectivity index (χ4n) is 2.95. The summed E-state index contributed by atoms with van der Waals surface area (Å²) in [6, 6.07) is 8.75. The molecular formula is C16H20N2S. The fourth-order valence-corrected chi connectivity index (χ4v) is 4.18. The second kappa shape index (κ2) is 4.73. The molecule has 1 aliphatic carbocycles. The zero-order chi connectivity index (χ0) is 13.5. The number of hydrogen-bond acceptors (Lipinski definition) is 3. The highest BCUT2D eigenvalue weighted by Crippen LogP contribution is 2.43. The molecule has 1 aromatic carbocycles. The highest BCUT2D eigenvalue weighted by Gasteiger charge is 2.41. The van der Waals surface area contributed by atoms with Crippen LogP contribution in [0, 0.1) is 0 Å². The highest BCUT2D eigenvalue weighted by molar-refractivity contribution is 7.09. The summed E-state index contributed by atoms with van der Waals surface area (Å²) in [4.78, 5) is 4.89. The lowest BCUT2D eigenvalue weighted by atomic mass is 9.92. The lowest BCUT2D eigenvalue weighted by Crippen LogP contribution is -2.38. The molecule has 0 spiro atoms. The maximum absolute atomic E-state index is 4.89. The van der Waals surface area contributed by atoms with Crippen molar-refractivity contribution in [1.82, 2.24) is 10.3 Å². The van der Waals surface area contributed by atoms with Crippen LogP contribution in [0.4, 0.5) is 0 Å². The Morgan fingerprint density at radius 1 is 1.32 bits per heavy atom. The Bertz CT molecular complexity index is 588. The number of thiazole rings is 1. The Labute approximate surface area is 118 Å². The van der Waals surface area contributed by atoms with Gasteiger partial charge >= 0.3 is 0 Å². The SMILES string of the molecule is CNC1(c2nc(C(C)C)cs2)CCc2ccccc21. The third-order valence-electron chi connectivity index (χ3n) is 4.15. The van der Waals surface area contributed by atoms with Crippen molar-refractivity contribution in [2.45, 2.75) is 38.1 Å². The normalized spacial score (nSPS) is 21.9. The molecular weight excluding hydrogens is 252 g/mol. The molecule has 0 bridgehead atoms. The van der Waals surface area contributed by atoms with Crippen LogP contribution in [0.3, 0.4) is 0 Å². The first-order chi connectivity index (χ1) is 9.17. The van der Waals surface area contributed by atoms with E-state index in [0.29, 0.717) is 5.92 Å². The van der Waals surface area contributed by atoms with Gasteiger partial charge in [0.15, 0.2) is 0 Å². The lowest BCUT2D eigenvalue weighted by Gasteiger charge is -2.28. The quantitative estimate of drug-likeness (QED) is 0.922. The number of nitrogens with zero attached hydrogens (tertiary/aromatic N) is 1. The van der Waals surface area contributed by atoms with Crippen molar-refractivity contribution in [3.8, 4) is 0 Å². The summed E-state index contributed by atoms with van der Waals surface area (Å²) >= 11 is 1.79. The summed E-state index contributed by atoms with van der Waals surface area (Å²) in [6.45, 7) is 4.40. The first-order valence-electron chi connectivity index (χ1n) is 6.90. The van der Waals surface area contributed by atoms with Crippen LogP contribution in [0.2, 0.25) is 0 Å². The molecule has 19 heavy (non-hydrogen) atoms. The fraction of sp³-hybridized carbons (Fsp3) is 0.438. The first kappa shape index (κ1) is 12.8. The van der Waals surface area contributed by atoms with Crippen LogP contribution in [-0.4, -0.2) is 12.0 Å². The van der Waals surface area contributed by atoms with Gasteiger partial charge in [0, 0.05) is 5.38 Å². The van der Waals surface area contributed by atoms with E-state index in [1.165, 1.54) is 21.8 Å². The van der Waals surface area contributed by atoms with Crippen LogP contribution < -0.4 is 5.32 Å². The molecule has 1 atom stereocenters. The summed E-state index contributed by atoms with van der Waals surface area (Å²) in [5.41, 5.74) is 3.99. The van der Waals surface area contributed by atoms with Gasteiger partial charge in [-0.2, -0.15) is 0 Å². The van der Waals surface area contributed by atoms with Gasteiger partial charge in [-0.3, -0.25) is 0 Å². The van der Waals surface area contributed by atoms with Gasteiger partial charge < -0.3 is 5.32 Å². The number of fused-ring (bicyclic) bond motifs is 1. The van der Waals surface area contributed by atoms with E-state index in [-0.39, 0.29) is 5.54 Å². The van der Waals surface area contributed by atoms with Gasteiger partial charge in [-0.1, -0.05) is 38.1 Å². The smallest absolute Gasteiger partial charge is 0.118 e. The number of aromatic nitrogens is 1. The molecule has 100 valence electrons. The molecule has 3 rings (SSSR count). The van der Waals surface area contributed by atoms with Crippen molar-refractivity contribution < 1.29 is 0 Å². The zero-order valence-corrected chi connectivity index (χ0v) is 12.6. The molecule has 0 amide bonds. The van der Waals surface area contributed by atoms with E-state index in [1.807, 2.05) is 0 Å². The Morgan fingerprint density at radius 3 is 2.79 bits per heavy atom. The molecule has 2 aromatic rings. The second-order valence-corrected chi connectivity index (χ2v) is 6.40. The molecule has 1 aromatic heterocycles. The first-order valence-corrected chi connectivity index (χ1v) is 7.78. The number of benzene rings is 1. The van der Waals surface area contributed by atoms with E-state index in [2.05, 4.69) is 55.9 Å². The van der Waals surface area contributed by atoms with Crippen LogP contribution in [0.5, 0.6) is 0 Å². The molecule has 0 radical (unpaired) electrons. The number of aryl methyl sites for hydroxylation is 1. The van der Waals surface area contributed by atoms with Gasteiger partial charge in [0.2, 0.25) is 0 Å². The van der Waals surface area contributed by atoms with E-state index < -0.39 is 0 Å². The van der Waals surface area contributed by atoms with E-state index in [1.54, 1.807) is 11.3 Å². The summed E-state index contributed by atoms with van der Waals surface area (Å²) in [5, 5.41) is 6.97. The third kappa shape index (κ3) is 1.92. The Balaban J connectivity index is 2.10. The Morgan fingerprint density at radius 2 is 2.11 bits per heavy atom. The topological polar surface area (TPSA) is 24.9 Å². The van der Waals surface area contributed by atoms with E-state index in [4.69, 9.17) is 4.98 Å². The van der Waals surface area contributed by atoms with E-state index >= 15 is 0 Å². The average Bonchev–Trinajstić information content (AvgIpc) is 3.04. The molecule has 1 unspecified atom stereocenters. The number of rotatable bonds is 3. The van der Waals surface area contributed by atoms with Crippen LogP contribution in [0.25, 0.3) is 0 Å². The highest BCUT2D eigenvalue weighted by atomic mass is 32.1. The molecule has 0 aliphatic heterocycles. The van der Waals surface area contributed by atoms with Gasteiger partial charge in [0.25, 0.3) is 0 Å². The second-order valence-electron chi connectivity index (χ2n) is 5.54. The minimum Gasteiger partial charge on any atom is -0.305 e. The minimum absolute atomic E-state index is 0.0750. The Kier molecular flexibility index (Phi) is 3.19. The maximum atomic E-state index is 4.89. The minimum atomic E-state index is -0.0750. The van der Waals surface area contributed by atoms with Crippen LogP contribution in [0.15, 0.2) is 29.6 Å². The van der Waals surface area contributed by atoms with E-state index in [0.717, 1.165) is 12.8 Å². The van der Waals surface area contributed by atoms with E-state index in [9.17, 15) is 0 Å².